The zero-order valence-corrected chi connectivity index (χ0v) is 14.8. The molecule has 0 saturated heterocycles. The second-order valence-corrected chi connectivity index (χ2v) is 7.47. The third-order valence-corrected chi connectivity index (χ3v) is 5.89. The molecule has 0 heterocycles. The summed E-state index contributed by atoms with van der Waals surface area (Å²) in [4.78, 5) is 2.48. The van der Waals surface area contributed by atoms with E-state index in [1.165, 1.54) is 44.2 Å². The molecule has 0 radical (unpaired) electrons. The molecule has 1 saturated carbocycles. The largest absolute Gasteiger partial charge is 0.302 e. The molecule has 1 aliphatic carbocycles. The molecule has 106 valence electrons. The van der Waals surface area contributed by atoms with Crippen molar-refractivity contribution in [1.29, 1.82) is 0 Å². The molecule has 19 heavy (non-hydrogen) atoms. The van der Waals surface area contributed by atoms with E-state index in [-0.39, 0.29) is 0 Å². The molecule has 1 fully saturated rings. The van der Waals surface area contributed by atoms with Crippen LogP contribution in [0.15, 0.2) is 28.7 Å². The van der Waals surface area contributed by atoms with Crippen molar-refractivity contribution in [3.63, 3.8) is 0 Å². The normalized spacial score (nSPS) is 18.7. The Balaban J connectivity index is 1.92. The highest BCUT2D eigenvalue weighted by Gasteiger charge is 2.31. The molecule has 0 aliphatic heterocycles. The fourth-order valence-corrected chi connectivity index (χ4v) is 4.17. The van der Waals surface area contributed by atoms with E-state index in [1.807, 2.05) is 0 Å². The van der Waals surface area contributed by atoms with Crippen molar-refractivity contribution in [2.75, 3.05) is 18.9 Å². The SMILES string of the molecule is CN(Cc1ccc(Br)cc1)CC1(CBr)CCCCC1. The zero-order valence-electron chi connectivity index (χ0n) is 11.7. The summed E-state index contributed by atoms with van der Waals surface area (Å²) >= 11 is 7.25. The van der Waals surface area contributed by atoms with Crippen molar-refractivity contribution in [3.8, 4) is 0 Å². The van der Waals surface area contributed by atoms with Gasteiger partial charge in [-0.1, -0.05) is 63.3 Å². The Morgan fingerprint density at radius 2 is 1.74 bits per heavy atom. The van der Waals surface area contributed by atoms with Gasteiger partial charge in [0.05, 0.1) is 0 Å². The molecule has 0 spiro atoms. The van der Waals surface area contributed by atoms with Crippen molar-refractivity contribution in [3.05, 3.63) is 34.3 Å². The fraction of sp³-hybridized carbons (Fsp3) is 0.625. The van der Waals surface area contributed by atoms with E-state index in [2.05, 4.69) is 68.1 Å². The Labute approximate surface area is 134 Å². The molecule has 0 aromatic heterocycles. The van der Waals surface area contributed by atoms with E-state index in [1.54, 1.807) is 0 Å². The maximum absolute atomic E-state index is 3.76. The van der Waals surface area contributed by atoms with Gasteiger partial charge in [0.15, 0.2) is 0 Å². The van der Waals surface area contributed by atoms with Crippen molar-refractivity contribution >= 4 is 31.9 Å². The van der Waals surface area contributed by atoms with Crippen LogP contribution < -0.4 is 0 Å². The second-order valence-electron chi connectivity index (χ2n) is 5.99. The predicted octanol–water partition coefficient (Wildman–Crippen LogP) is 5.23. The van der Waals surface area contributed by atoms with Crippen LogP contribution in [0.2, 0.25) is 0 Å². The minimum absolute atomic E-state index is 0.502. The van der Waals surface area contributed by atoms with Crippen LogP contribution in [-0.4, -0.2) is 23.8 Å². The summed E-state index contributed by atoms with van der Waals surface area (Å²) < 4.78 is 1.16. The summed E-state index contributed by atoms with van der Waals surface area (Å²) in [7, 11) is 2.25. The van der Waals surface area contributed by atoms with Crippen LogP contribution >= 0.6 is 31.9 Å². The van der Waals surface area contributed by atoms with Gasteiger partial charge in [-0.2, -0.15) is 0 Å². The summed E-state index contributed by atoms with van der Waals surface area (Å²) in [5.41, 5.74) is 1.90. The Morgan fingerprint density at radius 3 is 2.32 bits per heavy atom. The monoisotopic (exact) mass is 387 g/mol. The van der Waals surface area contributed by atoms with Crippen molar-refractivity contribution in [2.24, 2.45) is 5.41 Å². The maximum atomic E-state index is 3.76. The molecule has 0 amide bonds. The van der Waals surface area contributed by atoms with Gasteiger partial charge in [0.2, 0.25) is 0 Å². The Morgan fingerprint density at radius 1 is 1.11 bits per heavy atom. The number of benzene rings is 1. The predicted molar refractivity (Wildman–Crippen MR) is 89.8 cm³/mol. The maximum Gasteiger partial charge on any atom is 0.0230 e. The molecule has 2 rings (SSSR count). The number of rotatable bonds is 5. The van der Waals surface area contributed by atoms with Crippen LogP contribution in [0.1, 0.15) is 37.7 Å². The number of hydrogen-bond acceptors (Lipinski definition) is 1. The molecule has 1 nitrogen and oxygen atoms in total. The summed E-state index contributed by atoms with van der Waals surface area (Å²) in [6, 6.07) is 8.68. The van der Waals surface area contributed by atoms with E-state index < -0.39 is 0 Å². The van der Waals surface area contributed by atoms with Crippen LogP contribution in [0.3, 0.4) is 0 Å². The second kappa shape index (κ2) is 7.24. The quantitative estimate of drug-likeness (QED) is 0.624. The van der Waals surface area contributed by atoms with Crippen LogP contribution in [0, 0.1) is 5.41 Å². The minimum atomic E-state index is 0.502. The van der Waals surface area contributed by atoms with Crippen LogP contribution in [0.5, 0.6) is 0 Å². The molecule has 0 unspecified atom stereocenters. The van der Waals surface area contributed by atoms with Gasteiger partial charge in [-0.15, -0.1) is 0 Å². The molecule has 0 N–H and O–H groups in total. The molecule has 1 aliphatic rings. The van der Waals surface area contributed by atoms with Gasteiger partial charge in [-0.3, -0.25) is 0 Å². The molecule has 0 bridgehead atoms. The highest BCUT2D eigenvalue weighted by molar-refractivity contribution is 9.10. The Bertz CT molecular complexity index is 382. The van der Waals surface area contributed by atoms with Gasteiger partial charge in [-0.25, -0.2) is 0 Å². The first-order valence-corrected chi connectivity index (χ1v) is 9.04. The Hall–Kier alpha value is 0.140. The van der Waals surface area contributed by atoms with Gasteiger partial charge in [0.25, 0.3) is 0 Å². The average molecular weight is 389 g/mol. The van der Waals surface area contributed by atoms with Crippen molar-refractivity contribution in [1.82, 2.24) is 4.90 Å². The lowest BCUT2D eigenvalue weighted by Crippen LogP contribution is -2.38. The van der Waals surface area contributed by atoms with Crippen LogP contribution in [-0.2, 0) is 6.54 Å². The molecule has 3 heteroatoms. The highest BCUT2D eigenvalue weighted by atomic mass is 79.9. The molecule has 1 aromatic carbocycles. The highest BCUT2D eigenvalue weighted by Crippen LogP contribution is 2.38. The first-order valence-electron chi connectivity index (χ1n) is 7.13. The van der Waals surface area contributed by atoms with E-state index in [0.29, 0.717) is 5.41 Å². The molecular formula is C16H23Br2N. The van der Waals surface area contributed by atoms with Crippen LogP contribution in [0.25, 0.3) is 0 Å². The number of nitrogens with zero attached hydrogens (tertiary/aromatic N) is 1. The van der Waals surface area contributed by atoms with E-state index in [4.69, 9.17) is 0 Å². The van der Waals surface area contributed by atoms with E-state index in [0.717, 1.165) is 16.3 Å². The number of alkyl halides is 1. The van der Waals surface area contributed by atoms with Gasteiger partial charge in [0.1, 0.15) is 0 Å². The number of halogens is 2. The van der Waals surface area contributed by atoms with Crippen molar-refractivity contribution < 1.29 is 0 Å². The molecule has 1 aromatic rings. The molecular weight excluding hydrogens is 366 g/mol. The standard InChI is InChI=1S/C16H23Br2N/c1-19(11-14-5-7-15(18)8-6-14)13-16(12-17)9-3-2-4-10-16/h5-8H,2-4,9-13H2,1H3. The van der Waals surface area contributed by atoms with Gasteiger partial charge >= 0.3 is 0 Å². The first kappa shape index (κ1) is 15.5. The number of hydrogen-bond donors (Lipinski definition) is 0. The van der Waals surface area contributed by atoms with Gasteiger partial charge < -0.3 is 4.90 Å². The topological polar surface area (TPSA) is 3.24 Å². The minimum Gasteiger partial charge on any atom is -0.302 e. The van der Waals surface area contributed by atoms with E-state index >= 15 is 0 Å². The lowest BCUT2D eigenvalue weighted by molar-refractivity contribution is 0.141. The summed E-state index contributed by atoms with van der Waals surface area (Å²) in [5.74, 6) is 0. The van der Waals surface area contributed by atoms with Gasteiger partial charge in [0, 0.05) is 22.9 Å². The lowest BCUT2D eigenvalue weighted by Gasteiger charge is -2.39. The lowest BCUT2D eigenvalue weighted by atomic mass is 9.75. The average Bonchev–Trinajstić information content (AvgIpc) is 2.42. The smallest absolute Gasteiger partial charge is 0.0230 e. The summed E-state index contributed by atoms with van der Waals surface area (Å²) in [5, 5.41) is 1.14. The molecule has 0 atom stereocenters. The van der Waals surface area contributed by atoms with Gasteiger partial charge in [-0.05, 0) is 43.0 Å². The third-order valence-electron chi connectivity index (χ3n) is 4.17. The summed E-state index contributed by atoms with van der Waals surface area (Å²) in [6.07, 6.45) is 6.98. The van der Waals surface area contributed by atoms with Crippen molar-refractivity contribution in [2.45, 2.75) is 38.6 Å². The fourth-order valence-electron chi connectivity index (χ4n) is 3.17. The van der Waals surface area contributed by atoms with Crippen LogP contribution in [0.4, 0.5) is 0 Å². The zero-order chi connectivity index (χ0) is 13.7. The first-order chi connectivity index (χ1) is 9.13. The van der Waals surface area contributed by atoms with E-state index in [9.17, 15) is 0 Å². The third kappa shape index (κ3) is 4.57. The Kier molecular flexibility index (Phi) is 5.91. The summed E-state index contributed by atoms with van der Waals surface area (Å²) in [6.45, 7) is 2.25.